The molecule has 1 amide bonds. The summed E-state index contributed by atoms with van der Waals surface area (Å²) in [6, 6.07) is 24.9. The van der Waals surface area contributed by atoms with Gasteiger partial charge in [-0.05, 0) is 41.7 Å². The van der Waals surface area contributed by atoms with Crippen LogP contribution in [-0.2, 0) is 17.6 Å². The van der Waals surface area contributed by atoms with Crippen molar-refractivity contribution in [1.29, 1.82) is 0 Å². The average Bonchev–Trinajstić information content (AvgIpc) is 2.61. The second-order valence-electron chi connectivity index (χ2n) is 6.31. The Morgan fingerprint density at radius 1 is 0.917 bits per heavy atom. The SMILES string of the molecule is C[C@@H](CCc1ccccc1)NC(=O)Cc1cccc2ccccc12. The Balaban J connectivity index is 1.56. The minimum absolute atomic E-state index is 0.0897. The van der Waals surface area contributed by atoms with Crippen molar-refractivity contribution in [2.24, 2.45) is 0 Å². The van der Waals surface area contributed by atoms with Gasteiger partial charge in [-0.3, -0.25) is 4.79 Å². The Labute approximate surface area is 143 Å². The number of amides is 1. The lowest BCUT2D eigenvalue weighted by atomic mass is 10.0. The summed E-state index contributed by atoms with van der Waals surface area (Å²) in [7, 11) is 0. The predicted octanol–water partition coefficient (Wildman–Crippen LogP) is 4.52. The highest BCUT2D eigenvalue weighted by Crippen LogP contribution is 2.19. The summed E-state index contributed by atoms with van der Waals surface area (Å²) < 4.78 is 0. The molecule has 0 fully saturated rings. The smallest absolute Gasteiger partial charge is 0.224 e. The molecule has 3 aromatic carbocycles. The lowest BCUT2D eigenvalue weighted by Gasteiger charge is -2.14. The van der Waals surface area contributed by atoms with Gasteiger partial charge >= 0.3 is 0 Å². The van der Waals surface area contributed by atoms with E-state index in [1.165, 1.54) is 10.9 Å². The fourth-order valence-corrected chi connectivity index (χ4v) is 3.05. The molecule has 0 bridgehead atoms. The molecule has 1 atom stereocenters. The van der Waals surface area contributed by atoms with Crippen molar-refractivity contribution >= 4 is 16.7 Å². The van der Waals surface area contributed by atoms with Gasteiger partial charge in [0.1, 0.15) is 0 Å². The average molecular weight is 317 g/mol. The summed E-state index contributed by atoms with van der Waals surface area (Å²) >= 11 is 0. The van der Waals surface area contributed by atoms with Gasteiger partial charge in [0.2, 0.25) is 5.91 Å². The molecule has 0 saturated carbocycles. The Bertz CT molecular complexity index is 805. The first kappa shape index (κ1) is 16.3. The zero-order valence-corrected chi connectivity index (χ0v) is 14.0. The van der Waals surface area contributed by atoms with E-state index in [2.05, 4.69) is 54.7 Å². The molecule has 3 rings (SSSR count). The molecular weight excluding hydrogens is 294 g/mol. The minimum atomic E-state index is 0.0897. The van der Waals surface area contributed by atoms with Gasteiger partial charge < -0.3 is 5.32 Å². The van der Waals surface area contributed by atoms with Crippen LogP contribution in [0.4, 0.5) is 0 Å². The van der Waals surface area contributed by atoms with Crippen LogP contribution in [0.25, 0.3) is 10.8 Å². The third kappa shape index (κ3) is 4.23. The first-order valence-corrected chi connectivity index (χ1v) is 8.52. The second-order valence-corrected chi connectivity index (χ2v) is 6.31. The molecule has 0 aliphatic rings. The van der Waals surface area contributed by atoms with Gasteiger partial charge in [0.25, 0.3) is 0 Å². The molecule has 0 aromatic heterocycles. The molecule has 2 nitrogen and oxygen atoms in total. The van der Waals surface area contributed by atoms with E-state index in [4.69, 9.17) is 0 Å². The zero-order chi connectivity index (χ0) is 16.8. The summed E-state index contributed by atoms with van der Waals surface area (Å²) in [5.41, 5.74) is 2.40. The third-order valence-electron chi connectivity index (χ3n) is 4.35. The summed E-state index contributed by atoms with van der Waals surface area (Å²) in [6.07, 6.45) is 2.36. The summed E-state index contributed by atoms with van der Waals surface area (Å²) in [5, 5.41) is 5.46. The largest absolute Gasteiger partial charge is 0.353 e. The van der Waals surface area contributed by atoms with Crippen LogP contribution in [0.3, 0.4) is 0 Å². The maximum absolute atomic E-state index is 12.4. The van der Waals surface area contributed by atoms with E-state index in [1.54, 1.807) is 0 Å². The van der Waals surface area contributed by atoms with Crippen LogP contribution < -0.4 is 5.32 Å². The first-order chi connectivity index (χ1) is 11.7. The van der Waals surface area contributed by atoms with Crippen LogP contribution in [0.5, 0.6) is 0 Å². The molecule has 0 aliphatic heterocycles. The maximum Gasteiger partial charge on any atom is 0.224 e. The van der Waals surface area contributed by atoms with Crippen molar-refractivity contribution in [2.45, 2.75) is 32.2 Å². The van der Waals surface area contributed by atoms with Gasteiger partial charge in [0.15, 0.2) is 0 Å². The van der Waals surface area contributed by atoms with E-state index >= 15 is 0 Å². The Kier molecular flexibility index (Phi) is 5.27. The fourth-order valence-electron chi connectivity index (χ4n) is 3.05. The van der Waals surface area contributed by atoms with Gasteiger partial charge in [0.05, 0.1) is 6.42 Å². The molecule has 24 heavy (non-hydrogen) atoms. The van der Waals surface area contributed by atoms with E-state index in [1.807, 2.05) is 30.3 Å². The van der Waals surface area contributed by atoms with Crippen LogP contribution >= 0.6 is 0 Å². The number of nitrogens with one attached hydrogen (secondary N) is 1. The van der Waals surface area contributed by atoms with Gasteiger partial charge in [0, 0.05) is 6.04 Å². The Morgan fingerprint density at radius 3 is 2.46 bits per heavy atom. The number of carbonyl (C=O) groups is 1. The maximum atomic E-state index is 12.4. The number of rotatable bonds is 6. The highest BCUT2D eigenvalue weighted by Gasteiger charge is 2.10. The first-order valence-electron chi connectivity index (χ1n) is 8.52. The summed E-state index contributed by atoms with van der Waals surface area (Å²) in [6.45, 7) is 2.07. The second kappa shape index (κ2) is 7.78. The van der Waals surface area contributed by atoms with Crippen molar-refractivity contribution in [3.05, 3.63) is 83.9 Å². The molecule has 1 N–H and O–H groups in total. The van der Waals surface area contributed by atoms with E-state index in [-0.39, 0.29) is 11.9 Å². The summed E-state index contributed by atoms with van der Waals surface area (Å²) in [4.78, 5) is 12.4. The minimum Gasteiger partial charge on any atom is -0.353 e. The zero-order valence-electron chi connectivity index (χ0n) is 14.0. The summed E-state index contributed by atoms with van der Waals surface area (Å²) in [5.74, 6) is 0.0897. The molecule has 122 valence electrons. The predicted molar refractivity (Wildman–Crippen MR) is 100 cm³/mol. The molecule has 0 saturated heterocycles. The number of fused-ring (bicyclic) bond motifs is 1. The van der Waals surface area contributed by atoms with Gasteiger partial charge in [-0.1, -0.05) is 72.8 Å². The van der Waals surface area contributed by atoms with E-state index in [0.717, 1.165) is 23.8 Å². The Morgan fingerprint density at radius 2 is 1.62 bits per heavy atom. The number of hydrogen-bond acceptors (Lipinski definition) is 1. The quantitative estimate of drug-likeness (QED) is 0.711. The van der Waals surface area contributed by atoms with Crippen molar-refractivity contribution in [1.82, 2.24) is 5.32 Å². The van der Waals surface area contributed by atoms with Crippen LogP contribution in [0.1, 0.15) is 24.5 Å². The van der Waals surface area contributed by atoms with E-state index < -0.39 is 0 Å². The molecule has 0 unspecified atom stereocenters. The molecule has 0 aliphatic carbocycles. The van der Waals surface area contributed by atoms with Crippen LogP contribution in [0, 0.1) is 0 Å². The van der Waals surface area contributed by atoms with Crippen molar-refractivity contribution in [2.75, 3.05) is 0 Å². The van der Waals surface area contributed by atoms with Gasteiger partial charge in [-0.2, -0.15) is 0 Å². The molecule has 0 spiro atoms. The van der Waals surface area contributed by atoms with Crippen molar-refractivity contribution in [3.63, 3.8) is 0 Å². The van der Waals surface area contributed by atoms with Crippen LogP contribution in [0.15, 0.2) is 72.8 Å². The van der Waals surface area contributed by atoms with Crippen molar-refractivity contribution in [3.8, 4) is 0 Å². The molecular formula is C22H23NO. The van der Waals surface area contributed by atoms with Crippen LogP contribution in [0.2, 0.25) is 0 Å². The van der Waals surface area contributed by atoms with E-state index in [9.17, 15) is 4.79 Å². The lowest BCUT2D eigenvalue weighted by Crippen LogP contribution is -2.34. The number of aryl methyl sites for hydroxylation is 1. The molecule has 3 aromatic rings. The normalized spacial score (nSPS) is 12.0. The number of hydrogen-bond donors (Lipinski definition) is 1. The van der Waals surface area contributed by atoms with Gasteiger partial charge in [-0.25, -0.2) is 0 Å². The number of carbonyl (C=O) groups excluding carboxylic acids is 1. The third-order valence-corrected chi connectivity index (χ3v) is 4.35. The highest BCUT2D eigenvalue weighted by atomic mass is 16.1. The highest BCUT2D eigenvalue weighted by molar-refractivity contribution is 5.90. The number of benzene rings is 3. The standard InChI is InChI=1S/C22H23NO/c1-17(14-15-18-8-3-2-4-9-18)23-22(24)16-20-12-7-11-19-10-5-6-13-21(19)20/h2-13,17H,14-16H2,1H3,(H,23,24)/t17-/m0/s1. The monoisotopic (exact) mass is 317 g/mol. The van der Waals surface area contributed by atoms with Gasteiger partial charge in [-0.15, -0.1) is 0 Å². The molecule has 2 heteroatoms. The molecule has 0 radical (unpaired) electrons. The van der Waals surface area contributed by atoms with E-state index in [0.29, 0.717) is 6.42 Å². The van der Waals surface area contributed by atoms with Crippen LogP contribution in [-0.4, -0.2) is 11.9 Å². The topological polar surface area (TPSA) is 29.1 Å². The lowest BCUT2D eigenvalue weighted by molar-refractivity contribution is -0.121. The Hall–Kier alpha value is -2.61. The molecule has 0 heterocycles. The fraction of sp³-hybridized carbons (Fsp3) is 0.227. The van der Waals surface area contributed by atoms with Crippen molar-refractivity contribution < 1.29 is 4.79 Å².